The highest BCUT2D eigenvalue weighted by molar-refractivity contribution is 6.08. The van der Waals surface area contributed by atoms with Crippen LogP contribution in [0.1, 0.15) is 21.5 Å². The van der Waals surface area contributed by atoms with Gasteiger partial charge in [-0.15, -0.1) is 0 Å². The molecule has 7 nitrogen and oxygen atoms in total. The van der Waals surface area contributed by atoms with Crippen molar-refractivity contribution in [1.82, 2.24) is 15.5 Å². The number of hydrogen-bond donors (Lipinski definition) is 2. The number of ether oxygens (including phenoxy) is 1. The van der Waals surface area contributed by atoms with E-state index in [2.05, 4.69) is 10.6 Å². The van der Waals surface area contributed by atoms with E-state index in [9.17, 15) is 14.4 Å². The topological polar surface area (TPSA) is 87.7 Å². The van der Waals surface area contributed by atoms with Crippen LogP contribution in [0, 0.1) is 0 Å². The van der Waals surface area contributed by atoms with E-state index in [0.29, 0.717) is 23.4 Å². The zero-order valence-electron chi connectivity index (χ0n) is 14.1. The summed E-state index contributed by atoms with van der Waals surface area (Å²) < 4.78 is 5.21. The van der Waals surface area contributed by atoms with Gasteiger partial charge >= 0.3 is 6.03 Å². The number of methoxy groups -OCH3 is 1. The highest BCUT2D eigenvalue weighted by atomic mass is 16.5. The Morgan fingerprint density at radius 1 is 1.12 bits per heavy atom. The maximum absolute atomic E-state index is 12.8. The molecule has 2 aromatic rings. The largest absolute Gasteiger partial charge is 0.497 e. The fourth-order valence-electron chi connectivity index (χ4n) is 3.52. The summed E-state index contributed by atoms with van der Waals surface area (Å²) in [6.45, 7) is 0.396. The maximum atomic E-state index is 12.8. The van der Waals surface area contributed by atoms with Crippen LogP contribution in [0.2, 0.25) is 0 Å². The maximum Gasteiger partial charge on any atom is 0.322 e. The molecule has 0 radical (unpaired) electrons. The van der Waals surface area contributed by atoms with E-state index in [1.165, 1.54) is 0 Å². The van der Waals surface area contributed by atoms with Crippen LogP contribution in [-0.4, -0.2) is 36.4 Å². The van der Waals surface area contributed by atoms with E-state index < -0.39 is 17.5 Å². The Morgan fingerprint density at radius 2 is 1.88 bits per heavy atom. The van der Waals surface area contributed by atoms with Crippen molar-refractivity contribution >= 4 is 17.8 Å². The second-order valence-electron chi connectivity index (χ2n) is 6.36. The quantitative estimate of drug-likeness (QED) is 0.815. The van der Waals surface area contributed by atoms with Gasteiger partial charge in [-0.2, -0.15) is 0 Å². The van der Waals surface area contributed by atoms with E-state index in [1.54, 1.807) is 48.4 Å². The van der Waals surface area contributed by atoms with Crippen molar-refractivity contribution in [2.24, 2.45) is 0 Å². The molecule has 0 aromatic heterocycles. The first-order valence-corrected chi connectivity index (χ1v) is 8.19. The standard InChI is InChI=1S/C19H17N3O4/c1-26-14-7-8-15-12(9-14)10-22(16(15)23)11-19(13-5-3-2-4-6-13)17(24)20-18(25)21-19/h2-9H,10-11H2,1H3,(H2,20,21,24,25)/t19-/m1/s1. The number of amides is 4. The zero-order valence-corrected chi connectivity index (χ0v) is 14.1. The Bertz CT molecular complexity index is 912. The van der Waals surface area contributed by atoms with Crippen molar-refractivity contribution < 1.29 is 19.1 Å². The van der Waals surface area contributed by atoms with Crippen molar-refractivity contribution in [2.75, 3.05) is 13.7 Å². The third kappa shape index (κ3) is 2.40. The summed E-state index contributed by atoms with van der Waals surface area (Å²) in [5.41, 5.74) is 0.742. The predicted molar refractivity (Wildman–Crippen MR) is 92.5 cm³/mol. The Hall–Kier alpha value is -3.35. The van der Waals surface area contributed by atoms with Crippen LogP contribution in [0.3, 0.4) is 0 Å². The molecule has 0 saturated carbocycles. The van der Waals surface area contributed by atoms with Crippen molar-refractivity contribution in [3.63, 3.8) is 0 Å². The molecule has 0 spiro atoms. The van der Waals surface area contributed by atoms with E-state index in [-0.39, 0.29) is 12.5 Å². The molecule has 132 valence electrons. The summed E-state index contributed by atoms with van der Waals surface area (Å²) in [6.07, 6.45) is 0. The van der Waals surface area contributed by atoms with E-state index >= 15 is 0 Å². The van der Waals surface area contributed by atoms with Crippen LogP contribution < -0.4 is 15.4 Å². The molecule has 2 aliphatic rings. The molecule has 0 bridgehead atoms. The number of rotatable bonds is 4. The number of benzene rings is 2. The molecule has 2 aliphatic heterocycles. The van der Waals surface area contributed by atoms with Crippen molar-refractivity contribution in [2.45, 2.75) is 12.1 Å². The van der Waals surface area contributed by atoms with Crippen LogP contribution in [-0.2, 0) is 16.9 Å². The number of urea groups is 1. The molecule has 1 fully saturated rings. The third-order valence-electron chi connectivity index (χ3n) is 4.83. The van der Waals surface area contributed by atoms with E-state index in [4.69, 9.17) is 4.74 Å². The molecule has 0 aliphatic carbocycles. The fraction of sp³-hybridized carbons (Fsp3) is 0.211. The van der Waals surface area contributed by atoms with Gasteiger partial charge in [-0.05, 0) is 29.3 Å². The van der Waals surface area contributed by atoms with Crippen molar-refractivity contribution in [3.8, 4) is 5.75 Å². The molecule has 4 amide bonds. The minimum atomic E-state index is -1.31. The minimum Gasteiger partial charge on any atom is -0.497 e. The SMILES string of the molecule is COc1ccc2c(c1)CN(C[C@]1(c3ccccc3)NC(=O)NC1=O)C2=O. The number of nitrogens with zero attached hydrogens (tertiary/aromatic N) is 1. The molecular weight excluding hydrogens is 334 g/mol. The van der Waals surface area contributed by atoms with Gasteiger partial charge in [0.15, 0.2) is 5.54 Å². The first-order valence-electron chi connectivity index (χ1n) is 8.19. The fourth-order valence-corrected chi connectivity index (χ4v) is 3.52. The number of hydrogen-bond acceptors (Lipinski definition) is 4. The number of carbonyl (C=O) groups excluding carboxylic acids is 3. The Labute approximate surface area is 149 Å². The van der Waals surface area contributed by atoms with Gasteiger partial charge in [-0.25, -0.2) is 4.79 Å². The first kappa shape index (κ1) is 16.1. The van der Waals surface area contributed by atoms with Gasteiger partial charge in [-0.3, -0.25) is 14.9 Å². The molecule has 2 heterocycles. The molecule has 1 atom stereocenters. The van der Waals surface area contributed by atoms with Gasteiger partial charge in [0.05, 0.1) is 13.7 Å². The lowest BCUT2D eigenvalue weighted by Crippen LogP contribution is -2.52. The Balaban J connectivity index is 1.69. The monoisotopic (exact) mass is 351 g/mol. The smallest absolute Gasteiger partial charge is 0.322 e. The minimum absolute atomic E-state index is 0.0460. The Morgan fingerprint density at radius 3 is 2.54 bits per heavy atom. The molecular formula is C19H17N3O4. The lowest BCUT2D eigenvalue weighted by atomic mass is 9.89. The molecule has 7 heteroatoms. The van der Waals surface area contributed by atoms with Gasteiger partial charge in [0.2, 0.25) is 0 Å². The van der Waals surface area contributed by atoms with Crippen LogP contribution in [0.4, 0.5) is 4.79 Å². The van der Waals surface area contributed by atoms with Gasteiger partial charge < -0.3 is 15.0 Å². The third-order valence-corrected chi connectivity index (χ3v) is 4.83. The number of imide groups is 1. The number of carbonyl (C=O) groups is 3. The normalized spacial score (nSPS) is 21.4. The van der Waals surface area contributed by atoms with Gasteiger partial charge in [-0.1, -0.05) is 30.3 Å². The molecule has 2 N–H and O–H groups in total. The van der Waals surface area contributed by atoms with Gasteiger partial charge in [0.25, 0.3) is 11.8 Å². The highest BCUT2D eigenvalue weighted by Gasteiger charge is 2.50. The molecule has 1 saturated heterocycles. The van der Waals surface area contributed by atoms with Crippen LogP contribution in [0.25, 0.3) is 0 Å². The average Bonchev–Trinajstić information content (AvgIpc) is 3.12. The second kappa shape index (κ2) is 5.87. The summed E-state index contributed by atoms with van der Waals surface area (Å²) in [5.74, 6) is 0.0324. The molecule has 2 aromatic carbocycles. The second-order valence-corrected chi connectivity index (χ2v) is 6.36. The van der Waals surface area contributed by atoms with Gasteiger partial charge in [0, 0.05) is 12.1 Å². The molecule has 0 unspecified atom stereocenters. The van der Waals surface area contributed by atoms with Crippen molar-refractivity contribution in [3.05, 3.63) is 65.2 Å². The summed E-state index contributed by atoms with van der Waals surface area (Å²) in [7, 11) is 1.57. The van der Waals surface area contributed by atoms with E-state index in [1.807, 2.05) is 12.1 Å². The Kier molecular flexibility index (Phi) is 3.64. The van der Waals surface area contributed by atoms with Gasteiger partial charge in [0.1, 0.15) is 5.75 Å². The van der Waals surface area contributed by atoms with E-state index in [0.717, 1.165) is 5.56 Å². The van der Waals surface area contributed by atoms with Crippen LogP contribution in [0.15, 0.2) is 48.5 Å². The number of fused-ring (bicyclic) bond motifs is 1. The summed E-state index contributed by atoms with van der Waals surface area (Å²) >= 11 is 0. The predicted octanol–water partition coefficient (Wildman–Crippen LogP) is 1.39. The summed E-state index contributed by atoms with van der Waals surface area (Å²) in [4.78, 5) is 38.8. The van der Waals surface area contributed by atoms with Crippen molar-refractivity contribution in [1.29, 1.82) is 0 Å². The highest BCUT2D eigenvalue weighted by Crippen LogP contribution is 2.32. The van der Waals surface area contributed by atoms with Crippen LogP contribution >= 0.6 is 0 Å². The zero-order chi connectivity index (χ0) is 18.3. The average molecular weight is 351 g/mol. The first-order chi connectivity index (χ1) is 12.5. The lowest BCUT2D eigenvalue weighted by Gasteiger charge is -2.31. The van der Waals surface area contributed by atoms with Crippen LogP contribution in [0.5, 0.6) is 5.75 Å². The molecule has 4 rings (SSSR count). The number of nitrogens with one attached hydrogen (secondary N) is 2. The summed E-state index contributed by atoms with van der Waals surface area (Å²) in [6, 6.07) is 13.6. The lowest BCUT2D eigenvalue weighted by molar-refractivity contribution is -0.124. The molecule has 26 heavy (non-hydrogen) atoms. The summed E-state index contributed by atoms with van der Waals surface area (Å²) in [5, 5.41) is 5.00.